The molecule has 0 bridgehead atoms. The Balaban J connectivity index is 1.36. The number of aliphatic hydroxyl groups is 1. The van der Waals surface area contributed by atoms with Crippen molar-refractivity contribution in [3.8, 4) is 0 Å². The summed E-state index contributed by atoms with van der Waals surface area (Å²) in [6, 6.07) is 7.66. The number of carbonyl (C=O) groups excluding carboxylic acids is 1. The van der Waals surface area contributed by atoms with Gasteiger partial charge in [-0.1, -0.05) is 12.1 Å². The molecule has 2 saturated heterocycles. The molecule has 1 N–H and O–H groups in total. The van der Waals surface area contributed by atoms with Crippen molar-refractivity contribution in [1.82, 2.24) is 30.0 Å². The molecule has 3 heterocycles. The number of aromatic nitrogens is 4. The lowest BCUT2D eigenvalue weighted by molar-refractivity contribution is -0.0286. The number of amides is 1. The van der Waals surface area contributed by atoms with Crippen molar-refractivity contribution in [3.63, 3.8) is 0 Å². The van der Waals surface area contributed by atoms with Gasteiger partial charge in [0, 0.05) is 31.7 Å². The van der Waals surface area contributed by atoms with Gasteiger partial charge in [0.1, 0.15) is 6.33 Å². The molecule has 1 spiro atoms. The monoisotopic (exact) mass is 370 g/mol. The van der Waals surface area contributed by atoms with Crippen LogP contribution in [0.3, 0.4) is 0 Å². The van der Waals surface area contributed by atoms with E-state index < -0.39 is 0 Å². The second kappa shape index (κ2) is 7.36. The van der Waals surface area contributed by atoms with Crippen LogP contribution in [0, 0.1) is 5.41 Å². The number of rotatable bonds is 3. The van der Waals surface area contributed by atoms with Gasteiger partial charge >= 0.3 is 0 Å². The van der Waals surface area contributed by atoms with Crippen LogP contribution in [0.2, 0.25) is 0 Å². The molecule has 0 radical (unpaired) electrons. The van der Waals surface area contributed by atoms with Gasteiger partial charge in [0.05, 0.1) is 12.6 Å². The summed E-state index contributed by atoms with van der Waals surface area (Å²) in [5, 5.41) is 21.2. The summed E-state index contributed by atoms with van der Waals surface area (Å²) in [6.45, 7) is 3.86. The number of likely N-dealkylation sites (N-methyl/N-ethyl adjacent to an activating group) is 1. The van der Waals surface area contributed by atoms with Crippen LogP contribution in [-0.4, -0.2) is 80.4 Å². The molecule has 1 aromatic heterocycles. The fourth-order valence-electron chi connectivity index (χ4n) is 4.55. The molecule has 8 nitrogen and oxygen atoms in total. The number of likely N-dealkylation sites (tertiary alicyclic amines) is 2. The molecule has 1 unspecified atom stereocenters. The fourth-order valence-corrected chi connectivity index (χ4v) is 4.55. The van der Waals surface area contributed by atoms with Crippen molar-refractivity contribution in [1.29, 1.82) is 0 Å². The average molecular weight is 370 g/mol. The predicted molar refractivity (Wildman–Crippen MR) is 99.1 cm³/mol. The van der Waals surface area contributed by atoms with E-state index in [1.807, 2.05) is 29.2 Å². The molecule has 2 aliphatic rings. The van der Waals surface area contributed by atoms with Gasteiger partial charge < -0.3 is 14.9 Å². The van der Waals surface area contributed by atoms with E-state index in [0.717, 1.165) is 51.0 Å². The summed E-state index contributed by atoms with van der Waals surface area (Å²) in [7, 11) is 2.07. The summed E-state index contributed by atoms with van der Waals surface area (Å²) in [5.74, 6) is 0.0866. The highest BCUT2D eigenvalue weighted by Crippen LogP contribution is 2.39. The first-order valence-corrected chi connectivity index (χ1v) is 9.49. The molecular weight excluding hydrogens is 344 g/mol. The van der Waals surface area contributed by atoms with E-state index in [0.29, 0.717) is 12.1 Å². The topological polar surface area (TPSA) is 87.4 Å². The molecule has 8 heteroatoms. The Kier molecular flexibility index (Phi) is 4.92. The van der Waals surface area contributed by atoms with Gasteiger partial charge in [-0.25, -0.2) is 4.68 Å². The maximum atomic E-state index is 12.9. The third-order valence-electron chi connectivity index (χ3n) is 5.84. The SMILES string of the molecule is CN1CC(O)CC2(CCN(C(=O)c3ccc(Cn4cnnn4)cc3)CC2)C1. The third kappa shape index (κ3) is 4.01. The van der Waals surface area contributed by atoms with Crippen molar-refractivity contribution in [3.05, 3.63) is 41.7 Å². The summed E-state index contributed by atoms with van der Waals surface area (Å²) in [5.41, 5.74) is 1.92. The molecule has 2 aliphatic heterocycles. The molecule has 0 saturated carbocycles. The fraction of sp³-hybridized carbons (Fsp3) is 0.579. The lowest BCUT2D eigenvalue weighted by atomic mass is 9.71. The minimum atomic E-state index is -0.251. The molecule has 2 aromatic rings. The van der Waals surface area contributed by atoms with Crippen molar-refractivity contribution >= 4 is 5.91 Å². The van der Waals surface area contributed by atoms with E-state index in [1.54, 1.807) is 11.0 Å². The zero-order valence-corrected chi connectivity index (χ0v) is 15.7. The number of piperidine rings is 2. The summed E-state index contributed by atoms with van der Waals surface area (Å²) < 4.78 is 1.65. The van der Waals surface area contributed by atoms with E-state index >= 15 is 0 Å². The van der Waals surface area contributed by atoms with E-state index in [9.17, 15) is 9.90 Å². The Morgan fingerprint density at radius 3 is 2.63 bits per heavy atom. The van der Waals surface area contributed by atoms with E-state index in [-0.39, 0.29) is 17.4 Å². The summed E-state index contributed by atoms with van der Waals surface area (Å²) in [4.78, 5) is 17.0. The van der Waals surface area contributed by atoms with Crippen LogP contribution >= 0.6 is 0 Å². The van der Waals surface area contributed by atoms with Crippen molar-refractivity contribution in [2.24, 2.45) is 5.41 Å². The number of hydrogen-bond donors (Lipinski definition) is 1. The third-order valence-corrected chi connectivity index (χ3v) is 5.84. The number of benzene rings is 1. The number of hydrogen-bond acceptors (Lipinski definition) is 6. The molecule has 4 rings (SSSR count). The molecule has 1 atom stereocenters. The zero-order valence-electron chi connectivity index (χ0n) is 15.7. The second-order valence-corrected chi connectivity index (χ2v) is 8.05. The highest BCUT2D eigenvalue weighted by Gasteiger charge is 2.41. The molecule has 0 aliphatic carbocycles. The zero-order chi connectivity index (χ0) is 18.9. The van der Waals surface area contributed by atoms with Gasteiger partial charge in [0.15, 0.2) is 0 Å². The summed E-state index contributed by atoms with van der Waals surface area (Å²) in [6.07, 6.45) is 4.08. The van der Waals surface area contributed by atoms with Gasteiger partial charge in [0.25, 0.3) is 5.91 Å². The van der Waals surface area contributed by atoms with Crippen LogP contribution in [0.5, 0.6) is 0 Å². The quantitative estimate of drug-likeness (QED) is 0.853. The Bertz CT molecular complexity index is 756. The second-order valence-electron chi connectivity index (χ2n) is 8.05. The largest absolute Gasteiger partial charge is 0.392 e. The van der Waals surface area contributed by atoms with Crippen LogP contribution in [0.1, 0.15) is 35.2 Å². The van der Waals surface area contributed by atoms with E-state index in [4.69, 9.17) is 0 Å². The number of nitrogens with zero attached hydrogens (tertiary/aromatic N) is 6. The van der Waals surface area contributed by atoms with Crippen molar-refractivity contribution < 1.29 is 9.90 Å². The number of carbonyl (C=O) groups is 1. The highest BCUT2D eigenvalue weighted by atomic mass is 16.3. The van der Waals surface area contributed by atoms with Gasteiger partial charge in [-0.3, -0.25) is 4.79 Å². The highest BCUT2D eigenvalue weighted by molar-refractivity contribution is 5.94. The molecule has 1 aromatic carbocycles. The Morgan fingerprint density at radius 1 is 1.26 bits per heavy atom. The van der Waals surface area contributed by atoms with Gasteiger partial charge in [-0.2, -0.15) is 0 Å². The Morgan fingerprint density at radius 2 is 2.00 bits per heavy atom. The number of tetrazole rings is 1. The van der Waals surface area contributed by atoms with Gasteiger partial charge in [-0.05, 0) is 59.8 Å². The van der Waals surface area contributed by atoms with Crippen LogP contribution in [0.15, 0.2) is 30.6 Å². The first-order chi connectivity index (χ1) is 13.0. The van der Waals surface area contributed by atoms with Crippen LogP contribution in [0.25, 0.3) is 0 Å². The van der Waals surface area contributed by atoms with Crippen LogP contribution in [-0.2, 0) is 6.54 Å². The normalized spacial score (nSPS) is 22.9. The lowest BCUT2D eigenvalue weighted by Gasteiger charge is -2.48. The predicted octanol–water partition coefficient (Wildman–Crippen LogP) is 0.640. The maximum absolute atomic E-state index is 12.9. The minimum absolute atomic E-state index is 0.0866. The molecule has 27 heavy (non-hydrogen) atoms. The lowest BCUT2D eigenvalue weighted by Crippen LogP contribution is -2.53. The standard InChI is InChI=1S/C19H26N6O2/c1-23-12-17(26)10-19(13-23)6-8-24(9-7-19)18(27)16-4-2-15(3-5-16)11-25-14-20-21-22-25/h2-5,14,17,26H,6-13H2,1H3. The van der Waals surface area contributed by atoms with Gasteiger partial charge in [0.2, 0.25) is 0 Å². The molecule has 2 fully saturated rings. The Labute approximate surface area is 158 Å². The van der Waals surface area contributed by atoms with Crippen molar-refractivity contribution in [2.75, 3.05) is 33.2 Å². The molecule has 144 valence electrons. The smallest absolute Gasteiger partial charge is 0.253 e. The Hall–Kier alpha value is -2.32. The van der Waals surface area contributed by atoms with Gasteiger partial charge in [-0.15, -0.1) is 5.10 Å². The molecular formula is C19H26N6O2. The first kappa shape index (κ1) is 18.1. The van der Waals surface area contributed by atoms with E-state index in [1.165, 1.54) is 0 Å². The minimum Gasteiger partial charge on any atom is -0.392 e. The van der Waals surface area contributed by atoms with Crippen LogP contribution in [0.4, 0.5) is 0 Å². The van der Waals surface area contributed by atoms with E-state index in [2.05, 4.69) is 27.5 Å². The summed E-state index contributed by atoms with van der Waals surface area (Å²) >= 11 is 0. The first-order valence-electron chi connectivity index (χ1n) is 9.49. The van der Waals surface area contributed by atoms with Crippen molar-refractivity contribution in [2.45, 2.75) is 31.9 Å². The average Bonchev–Trinajstić information content (AvgIpc) is 3.14. The molecule has 1 amide bonds. The van der Waals surface area contributed by atoms with Crippen LogP contribution < -0.4 is 0 Å². The number of aliphatic hydroxyl groups excluding tert-OH is 1. The maximum Gasteiger partial charge on any atom is 0.253 e. The number of β-amino-alcohol motifs (C(OH)–C–C–N with tert-alkyl or cyclic N) is 1.